The minimum absolute atomic E-state index is 0.160. The van der Waals surface area contributed by atoms with E-state index in [2.05, 4.69) is 487 Å². The molecule has 143 heavy (non-hydrogen) atoms. The zero-order chi connectivity index (χ0) is 103. The highest BCUT2D eigenvalue weighted by Gasteiger charge is 2.34. The van der Waals surface area contributed by atoms with E-state index in [1.54, 1.807) is 0 Å². The Bertz CT molecular complexity index is 6740. The topological polar surface area (TPSA) is 0 Å². The number of hydrogen-bond donors (Lipinski definition) is 0. The summed E-state index contributed by atoms with van der Waals surface area (Å²) in [6, 6.07) is 191. The van der Waals surface area contributed by atoms with Crippen LogP contribution >= 0.6 is 0 Å². The zero-order valence-corrected chi connectivity index (χ0v) is 88.5. The van der Waals surface area contributed by atoms with Crippen molar-refractivity contribution in [2.75, 3.05) is 0 Å². The molecule has 2 aliphatic carbocycles. The molecule has 0 fully saturated rings. The molecule has 0 heteroatoms. The highest BCUT2D eigenvalue weighted by molar-refractivity contribution is 6.23. The lowest BCUT2D eigenvalue weighted by molar-refractivity contribution is 0.660. The molecule has 0 aliphatic heterocycles. The van der Waals surface area contributed by atoms with Gasteiger partial charge in [0.05, 0.1) is 0 Å². The molecule has 0 bridgehead atoms. The molecule has 0 spiro atoms. The molecular weight excluding hydrogens is 1720 g/mol. The van der Waals surface area contributed by atoms with Crippen LogP contribution in [0.5, 0.6) is 0 Å². The highest BCUT2D eigenvalue weighted by Crippen LogP contribution is 2.49. The summed E-state index contributed by atoms with van der Waals surface area (Å²) < 4.78 is 0. The summed E-state index contributed by atoms with van der Waals surface area (Å²) in [4.78, 5) is 0. The third kappa shape index (κ3) is 31.1. The molecule has 25 rings (SSSR count). The lowest BCUT2D eigenvalue weighted by Crippen LogP contribution is -2.14. The summed E-state index contributed by atoms with van der Waals surface area (Å²) in [5, 5.41) is 18.8. The number of benzene rings is 23. The third-order valence-corrected chi connectivity index (χ3v) is 23.3. The number of hydrogen-bond acceptors (Lipinski definition) is 0. The maximum absolute atomic E-state index is 2.30. The maximum atomic E-state index is 2.30. The molecule has 0 saturated carbocycles. The fourth-order valence-electron chi connectivity index (χ4n) is 17.1. The molecule has 0 amide bonds. The Kier molecular flexibility index (Phi) is 50.1. The van der Waals surface area contributed by atoms with Crippen molar-refractivity contribution in [3.63, 3.8) is 0 Å². The molecule has 0 saturated heterocycles. The first-order chi connectivity index (χ1) is 70.8. The molecule has 0 heterocycles. The minimum atomic E-state index is 0.160. The first kappa shape index (κ1) is 112. The molecule has 0 nitrogen and oxygen atoms in total. The van der Waals surface area contributed by atoms with E-state index in [9.17, 15) is 0 Å². The van der Waals surface area contributed by atoms with E-state index in [1.807, 2.05) is 197 Å². The van der Waals surface area contributed by atoms with Crippen LogP contribution in [-0.2, 0) is 5.41 Å². The Hall–Kier alpha value is -15.9. The largest absolute Gasteiger partial charge is 0.0683 e. The normalized spacial score (nSPS) is 10.2. The first-order valence-corrected chi connectivity index (χ1v) is 52.1. The van der Waals surface area contributed by atoms with Gasteiger partial charge in [-0.2, -0.15) is 0 Å². The van der Waals surface area contributed by atoms with E-state index >= 15 is 0 Å². The van der Waals surface area contributed by atoms with Gasteiger partial charge in [0.2, 0.25) is 0 Å². The van der Waals surface area contributed by atoms with Crippen molar-refractivity contribution in [3.05, 3.63) is 557 Å². The molecule has 0 N–H and O–H groups in total. The fourth-order valence-corrected chi connectivity index (χ4v) is 17.1. The van der Waals surface area contributed by atoms with Gasteiger partial charge >= 0.3 is 0 Å². The summed E-state index contributed by atoms with van der Waals surface area (Å²) in [6.45, 7) is 40.6. The summed E-state index contributed by atoms with van der Waals surface area (Å²) >= 11 is 0. The lowest BCUT2D eigenvalue weighted by Gasteiger charge is -2.20. The van der Waals surface area contributed by atoms with E-state index in [4.69, 9.17) is 0 Å². The van der Waals surface area contributed by atoms with Crippen LogP contribution in [0.15, 0.2) is 546 Å². The Morgan fingerprint density at radius 1 is 0.112 bits per heavy atom. The molecule has 23 aromatic carbocycles. The molecule has 2 aliphatic rings. The predicted molar refractivity (Wildman–Crippen MR) is 643 cm³/mol. The van der Waals surface area contributed by atoms with Gasteiger partial charge in [-0.25, -0.2) is 0 Å². The van der Waals surface area contributed by atoms with Crippen molar-refractivity contribution in [1.82, 2.24) is 0 Å². The average Bonchev–Trinajstić information content (AvgIpc) is 1.28. The molecule has 23 aromatic rings. The van der Waals surface area contributed by atoms with Gasteiger partial charge in [0.1, 0.15) is 0 Å². The summed E-state index contributed by atoms with van der Waals surface area (Å²) in [5.41, 5.74) is 24.0. The second kappa shape index (κ2) is 63.7. The van der Waals surface area contributed by atoms with Crippen LogP contribution in [0.25, 0.3) is 164 Å². The van der Waals surface area contributed by atoms with E-state index in [0.717, 1.165) is 0 Å². The summed E-state index contributed by atoms with van der Waals surface area (Å²) in [6.07, 6.45) is 0. The van der Waals surface area contributed by atoms with E-state index < -0.39 is 0 Å². The predicted octanol–water partition coefficient (Wildman–Crippen LogP) is 44.2. The molecule has 722 valence electrons. The van der Waals surface area contributed by atoms with Crippen LogP contribution in [-0.4, -0.2) is 0 Å². The zero-order valence-electron chi connectivity index (χ0n) is 88.5. The van der Waals surface area contributed by atoms with Gasteiger partial charge in [-0.05, 0) is 188 Å². The van der Waals surface area contributed by atoms with Crippen LogP contribution < -0.4 is 0 Å². The average molecular weight is 1870 g/mol. The summed E-state index contributed by atoms with van der Waals surface area (Å²) in [7, 11) is 0. The fraction of sp³-hybridized carbons (Fsp3) is 0.147. The third-order valence-electron chi connectivity index (χ3n) is 23.3. The van der Waals surface area contributed by atoms with E-state index in [1.165, 1.54) is 176 Å². The van der Waals surface area contributed by atoms with Gasteiger partial charge in [-0.15, -0.1) is 0 Å². The molecule has 0 unspecified atom stereocenters. The quantitative estimate of drug-likeness (QED) is 0.151. The first-order valence-electron chi connectivity index (χ1n) is 52.1. The molecular formula is C143H150. The van der Waals surface area contributed by atoms with Gasteiger partial charge in [-0.3, -0.25) is 0 Å². The van der Waals surface area contributed by atoms with Gasteiger partial charge in [0.15, 0.2) is 0 Å². The van der Waals surface area contributed by atoms with E-state index in [-0.39, 0.29) is 5.41 Å². The van der Waals surface area contributed by atoms with Crippen molar-refractivity contribution in [3.8, 4) is 89.0 Å². The SMILES string of the molecule is CC.CC.CC.CC.CC.CC.CC.CC.CC.CC1(C)c2ccccc2-c2ccccc21.c1cc2ccc3cccc4ccc(c1)c2c34.c1ccc(-c2cccc(-c3ccccc3)c2)cc1.c1ccc(-c2cccc(-c3ccccc3)c2)cc1.c1ccc(-c2ccccc2)cc1.c1ccc2c(c1)-c1cccc3cccc-2c13.c1ccc2c(c1)ccc1ccccc12.c1ccc2ccccc2c1.c1ccccc1. The number of fused-ring (bicyclic) bond motifs is 10. The molecule has 0 aromatic heterocycles. The lowest BCUT2D eigenvalue weighted by atomic mass is 9.82. The Labute approximate surface area is 859 Å². The van der Waals surface area contributed by atoms with E-state index in [0.29, 0.717) is 0 Å². The minimum Gasteiger partial charge on any atom is -0.0683 e. The van der Waals surface area contributed by atoms with Crippen LogP contribution in [0.3, 0.4) is 0 Å². The Balaban J connectivity index is 0.000000194. The Morgan fingerprint density at radius 3 is 0.538 bits per heavy atom. The van der Waals surface area contributed by atoms with Gasteiger partial charge in [0, 0.05) is 5.41 Å². The van der Waals surface area contributed by atoms with Crippen molar-refractivity contribution >= 4 is 75.4 Å². The van der Waals surface area contributed by atoms with Crippen LogP contribution in [0.1, 0.15) is 150 Å². The van der Waals surface area contributed by atoms with Crippen molar-refractivity contribution in [2.24, 2.45) is 0 Å². The maximum Gasteiger partial charge on any atom is 0.0158 e. The monoisotopic (exact) mass is 1870 g/mol. The Morgan fingerprint density at radius 2 is 0.273 bits per heavy atom. The smallest absolute Gasteiger partial charge is 0.0158 e. The second-order valence-corrected chi connectivity index (χ2v) is 31.6. The van der Waals surface area contributed by atoms with Gasteiger partial charge in [0.25, 0.3) is 0 Å². The highest BCUT2D eigenvalue weighted by atomic mass is 14.4. The van der Waals surface area contributed by atoms with Crippen LogP contribution in [0.2, 0.25) is 0 Å². The van der Waals surface area contributed by atoms with Crippen LogP contribution in [0.4, 0.5) is 0 Å². The standard InChI is InChI=1S/2C18H14.2C16H10.C15H14.C14H10.C12H10.C10H8.C6H6.9C2H6/c2*1-3-8-15(9-4-1)17-12-7-13-18(14-17)16-10-5-2-6-11-16;1-3-11-7-9-13-5-2-6-14-10-8-12(4-1)15(11)16(13)14;1-2-8-13-12(7-1)14-9-3-5-11-6-4-10-15(13)16(11)14;1-15(2)13-9-5-3-7-11(13)12-8-4-6-10-14(12)15;1-3-7-13-11(5-1)9-10-12-6-2-4-8-14(12)13;1-3-7-11(8-4-1)12-9-5-2-6-10-12;1-2-6-10-8-4-3-7-9(10)5-1;1-2-4-6-5-3-1;9*1-2/h2*1-14H;2*1-10H;3-10H,1-2H3;1-10H;1-10H;1-8H;1-6H;9*1-2H3. The second-order valence-electron chi connectivity index (χ2n) is 31.6. The van der Waals surface area contributed by atoms with Gasteiger partial charge in [-0.1, -0.05) is 672 Å². The van der Waals surface area contributed by atoms with Crippen molar-refractivity contribution in [1.29, 1.82) is 0 Å². The molecule has 0 atom stereocenters. The van der Waals surface area contributed by atoms with Crippen LogP contribution in [0, 0.1) is 0 Å². The molecule has 0 radical (unpaired) electrons. The van der Waals surface area contributed by atoms with Crippen molar-refractivity contribution in [2.45, 2.75) is 144 Å². The number of rotatable bonds is 5. The van der Waals surface area contributed by atoms with Crippen molar-refractivity contribution < 1.29 is 0 Å². The van der Waals surface area contributed by atoms with Gasteiger partial charge < -0.3 is 0 Å². The summed E-state index contributed by atoms with van der Waals surface area (Å²) in [5.74, 6) is 0.